The molecule has 0 amide bonds. The zero-order valence-corrected chi connectivity index (χ0v) is 14.2. The van der Waals surface area contributed by atoms with Crippen molar-refractivity contribution in [2.45, 2.75) is 71.6 Å². The number of hydrogen-bond acceptors (Lipinski definition) is 1. The average Bonchev–Trinajstić information content (AvgIpc) is 3.28. The van der Waals surface area contributed by atoms with E-state index in [-0.39, 0.29) is 0 Å². The molecule has 1 heteroatoms. The van der Waals surface area contributed by atoms with Gasteiger partial charge in [0.1, 0.15) is 0 Å². The van der Waals surface area contributed by atoms with Crippen molar-refractivity contribution in [2.75, 3.05) is 13.1 Å². The summed E-state index contributed by atoms with van der Waals surface area (Å²) in [6, 6.07) is 0. The van der Waals surface area contributed by atoms with Gasteiger partial charge in [0.25, 0.3) is 0 Å². The van der Waals surface area contributed by atoms with Gasteiger partial charge in [0, 0.05) is 0 Å². The van der Waals surface area contributed by atoms with Crippen LogP contribution in [0.3, 0.4) is 0 Å². The first kappa shape index (κ1) is 15.6. The molecule has 0 saturated heterocycles. The van der Waals surface area contributed by atoms with Crippen LogP contribution >= 0.6 is 0 Å². The zero-order chi connectivity index (χ0) is 14.7. The summed E-state index contributed by atoms with van der Waals surface area (Å²) in [7, 11) is 0. The quantitative estimate of drug-likeness (QED) is 0.525. The molecule has 2 unspecified atom stereocenters. The summed E-state index contributed by atoms with van der Waals surface area (Å²) in [5.41, 5.74) is 1.70. The molecular formula is C20H35N. The minimum atomic E-state index is 0.886. The molecule has 0 aromatic carbocycles. The van der Waals surface area contributed by atoms with E-state index >= 15 is 0 Å². The Balaban J connectivity index is 1.46. The lowest BCUT2D eigenvalue weighted by Crippen LogP contribution is -2.28. The summed E-state index contributed by atoms with van der Waals surface area (Å²) < 4.78 is 0. The molecule has 21 heavy (non-hydrogen) atoms. The maximum atomic E-state index is 3.62. The van der Waals surface area contributed by atoms with E-state index in [9.17, 15) is 0 Å². The molecule has 0 radical (unpaired) electrons. The first-order chi connectivity index (χ1) is 10.2. The van der Waals surface area contributed by atoms with Crippen LogP contribution in [0.4, 0.5) is 0 Å². The van der Waals surface area contributed by atoms with E-state index in [4.69, 9.17) is 0 Å². The Morgan fingerprint density at radius 1 is 1.05 bits per heavy atom. The minimum absolute atomic E-state index is 0.886. The standard InChI is InChI=1S/C20H35N/c1-15(4-3-11-21-14-18-5-6-18)20-12-16(2)19-9-7-17(13-20)8-10-19/h4,16-21H,3,5-14H2,1-2H3/b15-4+. The summed E-state index contributed by atoms with van der Waals surface area (Å²) in [5.74, 6) is 4.92. The lowest BCUT2D eigenvalue weighted by molar-refractivity contribution is 0.140. The van der Waals surface area contributed by atoms with Crippen LogP contribution in [-0.2, 0) is 0 Å². The third-order valence-corrected chi connectivity index (χ3v) is 6.53. The molecule has 0 heterocycles. The smallest absolute Gasteiger partial charge is 0.00141 e. The molecule has 4 aliphatic carbocycles. The van der Waals surface area contributed by atoms with E-state index in [0.717, 1.165) is 29.6 Å². The second-order valence-electron chi connectivity index (χ2n) is 8.31. The first-order valence-electron chi connectivity index (χ1n) is 9.59. The van der Waals surface area contributed by atoms with Crippen molar-refractivity contribution in [3.8, 4) is 0 Å². The van der Waals surface area contributed by atoms with Gasteiger partial charge in [-0.15, -0.1) is 0 Å². The molecular weight excluding hydrogens is 254 g/mol. The van der Waals surface area contributed by atoms with Crippen LogP contribution in [0.1, 0.15) is 71.6 Å². The van der Waals surface area contributed by atoms with Crippen molar-refractivity contribution in [3.05, 3.63) is 11.6 Å². The fraction of sp³-hybridized carbons (Fsp3) is 0.900. The molecule has 0 spiro atoms. The largest absolute Gasteiger partial charge is 0.316 e. The molecule has 4 rings (SSSR count). The zero-order valence-electron chi connectivity index (χ0n) is 14.2. The van der Waals surface area contributed by atoms with Gasteiger partial charge < -0.3 is 5.32 Å². The monoisotopic (exact) mass is 289 g/mol. The molecule has 0 aliphatic heterocycles. The minimum Gasteiger partial charge on any atom is -0.316 e. The second-order valence-corrected chi connectivity index (χ2v) is 8.31. The molecule has 4 fully saturated rings. The van der Waals surface area contributed by atoms with Crippen molar-refractivity contribution in [2.24, 2.45) is 29.6 Å². The second kappa shape index (κ2) is 7.31. The van der Waals surface area contributed by atoms with Crippen molar-refractivity contribution in [1.82, 2.24) is 5.32 Å². The molecule has 4 saturated carbocycles. The molecule has 4 aliphatic rings. The Bertz CT molecular complexity index is 345. The third-order valence-electron chi connectivity index (χ3n) is 6.53. The summed E-state index contributed by atoms with van der Waals surface area (Å²) in [6.45, 7) is 7.38. The Morgan fingerprint density at radius 3 is 2.52 bits per heavy atom. The predicted molar refractivity (Wildman–Crippen MR) is 91.3 cm³/mol. The van der Waals surface area contributed by atoms with Crippen LogP contribution in [-0.4, -0.2) is 13.1 Å². The van der Waals surface area contributed by atoms with E-state index in [1.54, 1.807) is 5.57 Å². The van der Waals surface area contributed by atoms with E-state index in [2.05, 4.69) is 25.2 Å². The van der Waals surface area contributed by atoms with Gasteiger partial charge in [-0.2, -0.15) is 0 Å². The molecule has 2 atom stereocenters. The number of hydrogen-bond donors (Lipinski definition) is 1. The number of allylic oxidation sites excluding steroid dienone is 1. The highest BCUT2D eigenvalue weighted by Crippen LogP contribution is 2.44. The van der Waals surface area contributed by atoms with Crippen LogP contribution < -0.4 is 5.32 Å². The van der Waals surface area contributed by atoms with Crippen molar-refractivity contribution in [3.63, 3.8) is 0 Å². The average molecular weight is 290 g/mol. The van der Waals surface area contributed by atoms with E-state index in [1.807, 2.05) is 0 Å². The Kier molecular flexibility index (Phi) is 5.43. The van der Waals surface area contributed by atoms with Crippen LogP contribution in [0.15, 0.2) is 11.6 Å². The van der Waals surface area contributed by atoms with Gasteiger partial charge in [-0.1, -0.05) is 31.4 Å². The highest BCUT2D eigenvalue weighted by Gasteiger charge is 2.32. The summed E-state index contributed by atoms with van der Waals surface area (Å²) in [5, 5.41) is 3.62. The SMILES string of the molecule is C/C(=C\CCNCC1CC1)C1CC2CCC(CC2)C(C)C1. The van der Waals surface area contributed by atoms with E-state index in [1.165, 1.54) is 70.9 Å². The highest BCUT2D eigenvalue weighted by atomic mass is 14.9. The summed E-state index contributed by atoms with van der Waals surface area (Å²) in [6.07, 6.45) is 15.7. The molecule has 2 bridgehead atoms. The van der Waals surface area contributed by atoms with Crippen LogP contribution in [0.2, 0.25) is 0 Å². The van der Waals surface area contributed by atoms with Gasteiger partial charge >= 0.3 is 0 Å². The van der Waals surface area contributed by atoms with Gasteiger partial charge in [0.2, 0.25) is 0 Å². The summed E-state index contributed by atoms with van der Waals surface area (Å²) in [4.78, 5) is 0. The Morgan fingerprint density at radius 2 is 1.81 bits per heavy atom. The van der Waals surface area contributed by atoms with Crippen molar-refractivity contribution in [1.29, 1.82) is 0 Å². The third kappa shape index (κ3) is 4.58. The fourth-order valence-corrected chi connectivity index (χ4v) is 4.70. The highest BCUT2D eigenvalue weighted by molar-refractivity contribution is 5.06. The van der Waals surface area contributed by atoms with Crippen molar-refractivity contribution >= 4 is 0 Å². The van der Waals surface area contributed by atoms with Crippen LogP contribution in [0.5, 0.6) is 0 Å². The van der Waals surface area contributed by atoms with Gasteiger partial charge in [0.05, 0.1) is 0 Å². The number of fused-ring (bicyclic) bond motifs is 5. The topological polar surface area (TPSA) is 12.0 Å². The van der Waals surface area contributed by atoms with Gasteiger partial charge in [-0.3, -0.25) is 0 Å². The normalized spacial score (nSPS) is 37.3. The maximum Gasteiger partial charge on any atom is -0.00141 e. The van der Waals surface area contributed by atoms with Gasteiger partial charge in [-0.25, -0.2) is 0 Å². The molecule has 1 nitrogen and oxygen atoms in total. The maximum absolute atomic E-state index is 3.62. The number of nitrogens with one attached hydrogen (secondary N) is 1. The van der Waals surface area contributed by atoms with E-state index in [0.29, 0.717) is 0 Å². The summed E-state index contributed by atoms with van der Waals surface area (Å²) >= 11 is 0. The number of rotatable bonds is 6. The lowest BCUT2D eigenvalue weighted by Gasteiger charge is -2.39. The first-order valence-corrected chi connectivity index (χ1v) is 9.59. The Hall–Kier alpha value is -0.300. The van der Waals surface area contributed by atoms with Crippen LogP contribution in [0, 0.1) is 29.6 Å². The molecule has 120 valence electrons. The van der Waals surface area contributed by atoms with Crippen LogP contribution in [0.25, 0.3) is 0 Å². The fourth-order valence-electron chi connectivity index (χ4n) is 4.70. The lowest BCUT2D eigenvalue weighted by atomic mass is 9.66. The molecule has 0 aromatic rings. The van der Waals surface area contributed by atoms with Gasteiger partial charge in [0.15, 0.2) is 0 Å². The predicted octanol–water partition coefficient (Wildman–Crippen LogP) is 5.17. The van der Waals surface area contributed by atoms with Gasteiger partial charge in [-0.05, 0) is 94.5 Å². The van der Waals surface area contributed by atoms with Crippen molar-refractivity contribution < 1.29 is 0 Å². The van der Waals surface area contributed by atoms with E-state index < -0.39 is 0 Å². The molecule has 0 aromatic heterocycles. The Labute approximate surface area is 132 Å². The molecule has 1 N–H and O–H groups in total.